The summed E-state index contributed by atoms with van der Waals surface area (Å²) in [6, 6.07) is 0. The third kappa shape index (κ3) is 19.6. The number of carbonyl (C=O) groups excluding carboxylic acids is 1. The molecule has 12 heteroatoms. The van der Waals surface area contributed by atoms with Crippen molar-refractivity contribution in [2.45, 2.75) is 134 Å². The molecule has 0 aliphatic carbocycles. The summed E-state index contributed by atoms with van der Waals surface area (Å²) in [4.78, 5) is 11.9. The van der Waals surface area contributed by atoms with E-state index in [0.29, 0.717) is 6.42 Å². The minimum atomic E-state index is -4.73. The molecule has 0 radical (unpaired) electrons. The normalized spacial score (nSPS) is 23.6. The van der Waals surface area contributed by atoms with Gasteiger partial charge in [-0.05, 0) is 32.1 Å². The smallest absolute Gasteiger partial charge is 0.748 e. The zero-order chi connectivity index (χ0) is 28.2. The first-order chi connectivity index (χ1) is 18.2. The molecular weight excluding hydrogens is 539 g/mol. The number of carbonyl (C=O) groups is 1. The molecule has 10 nitrogen and oxygen atoms in total. The molecule has 1 heterocycles. The maximum Gasteiger partial charge on any atom is 1.00 e. The molecule has 0 saturated carbocycles. The Balaban J connectivity index is 0.0000144. The number of unbranched alkanes of at least 4 members (excludes halogenated alkanes) is 11. The largest absolute Gasteiger partial charge is 1.00 e. The molecular formula is C27H49NaO10S. The van der Waals surface area contributed by atoms with Crippen LogP contribution >= 0.6 is 0 Å². The molecule has 1 rings (SSSR count). The van der Waals surface area contributed by atoms with Gasteiger partial charge in [0, 0.05) is 12.8 Å². The Kier molecular flexibility index (Phi) is 23.4. The molecule has 0 aromatic heterocycles. The van der Waals surface area contributed by atoms with Gasteiger partial charge in [0.05, 0.1) is 29.1 Å². The van der Waals surface area contributed by atoms with Crippen LogP contribution in [0, 0.1) is 0 Å². The minimum absolute atomic E-state index is 0. The van der Waals surface area contributed by atoms with Crippen molar-refractivity contribution < 1.29 is 76.9 Å². The average Bonchev–Trinajstić information content (AvgIpc) is 2.86. The maximum absolute atomic E-state index is 11.9. The third-order valence-corrected chi connectivity index (χ3v) is 7.25. The summed E-state index contributed by atoms with van der Waals surface area (Å²) in [5.41, 5.74) is 0. The van der Waals surface area contributed by atoms with Gasteiger partial charge in [0.15, 0.2) is 6.29 Å². The molecule has 224 valence electrons. The Bertz CT molecular complexity index is 749. The van der Waals surface area contributed by atoms with Crippen molar-refractivity contribution in [3.63, 3.8) is 0 Å². The first-order valence-electron chi connectivity index (χ1n) is 14.2. The molecule has 1 aliphatic rings. The quantitative estimate of drug-likeness (QED) is 0.0528. The summed E-state index contributed by atoms with van der Waals surface area (Å²) >= 11 is 0. The van der Waals surface area contributed by atoms with Gasteiger partial charge < -0.3 is 34.1 Å². The van der Waals surface area contributed by atoms with Crippen molar-refractivity contribution >= 4 is 16.1 Å². The first kappa shape index (κ1) is 38.9. The second-order valence-electron chi connectivity index (χ2n) is 10.0. The molecule has 1 aliphatic heterocycles. The zero-order valence-electron chi connectivity index (χ0n) is 23.9. The fourth-order valence-corrected chi connectivity index (χ4v) is 4.93. The van der Waals surface area contributed by atoms with Crippen LogP contribution in [0.5, 0.6) is 0 Å². The predicted molar refractivity (Wildman–Crippen MR) is 142 cm³/mol. The number of rotatable bonds is 22. The number of aliphatic hydroxyl groups is 3. The molecule has 0 unspecified atom stereocenters. The van der Waals surface area contributed by atoms with Crippen LogP contribution in [0.2, 0.25) is 0 Å². The van der Waals surface area contributed by atoms with Gasteiger partial charge in [-0.25, -0.2) is 8.42 Å². The molecule has 0 amide bonds. The van der Waals surface area contributed by atoms with Crippen molar-refractivity contribution in [2.75, 3.05) is 19.0 Å². The number of aliphatic hydroxyl groups excluding tert-OH is 3. The van der Waals surface area contributed by atoms with Crippen molar-refractivity contribution in [1.29, 1.82) is 0 Å². The average molecular weight is 589 g/mol. The Morgan fingerprint density at radius 3 is 1.97 bits per heavy atom. The zero-order valence-corrected chi connectivity index (χ0v) is 26.7. The van der Waals surface area contributed by atoms with Crippen molar-refractivity contribution in [2.24, 2.45) is 0 Å². The van der Waals surface area contributed by atoms with Gasteiger partial charge in [0.1, 0.15) is 24.4 Å². The van der Waals surface area contributed by atoms with E-state index < -0.39 is 46.6 Å². The van der Waals surface area contributed by atoms with Gasteiger partial charge in [-0.3, -0.25) is 4.79 Å². The summed E-state index contributed by atoms with van der Waals surface area (Å²) in [5, 5.41) is 29.6. The van der Waals surface area contributed by atoms with Crippen LogP contribution in [0.15, 0.2) is 12.2 Å². The molecule has 3 N–H and O–H groups in total. The second-order valence-corrected chi connectivity index (χ2v) is 11.5. The first-order valence-corrected chi connectivity index (χ1v) is 15.8. The van der Waals surface area contributed by atoms with Crippen LogP contribution in [-0.4, -0.2) is 83.9 Å². The topological polar surface area (TPSA) is 163 Å². The van der Waals surface area contributed by atoms with E-state index in [1.807, 2.05) is 0 Å². The van der Waals surface area contributed by atoms with Crippen molar-refractivity contribution in [3.8, 4) is 0 Å². The van der Waals surface area contributed by atoms with Gasteiger partial charge in [0.25, 0.3) is 0 Å². The molecule has 5 atom stereocenters. The number of ether oxygens (including phenoxy) is 3. The van der Waals surface area contributed by atoms with E-state index in [0.717, 1.165) is 32.1 Å². The standard InChI is InChI=1S/C27H50O10S.Na/c1-2-3-4-5-6-7-8-9-10-11-12-13-14-15-16-18-23(28)35-19-17-20-36-27-26(31)25(30)24(29)22(37-27)21-38(32,33)34;/h9-10,22,24-27,29-31H,2-8,11-21H2,1H3,(H,32,33,34);/q;+1/p-1/b10-9-;/t22-,24-,25+,26-,27-;/m1./s1. The SMILES string of the molecule is CCCCCCCC/C=C\CCCCCCCC(=O)OCCCO[C@@H]1O[C@H](CS(=O)(=O)[O-])[C@@H](O)[C@H](O)[C@H]1O.[Na+]. The summed E-state index contributed by atoms with van der Waals surface area (Å²) in [6.07, 6.45) is 12.6. The van der Waals surface area contributed by atoms with Crippen LogP contribution in [0.4, 0.5) is 0 Å². The van der Waals surface area contributed by atoms with Gasteiger partial charge in [-0.1, -0.05) is 70.4 Å². The van der Waals surface area contributed by atoms with E-state index in [-0.39, 0.29) is 55.2 Å². The Morgan fingerprint density at radius 2 is 1.38 bits per heavy atom. The van der Waals surface area contributed by atoms with Crippen LogP contribution in [0.1, 0.15) is 103 Å². The number of esters is 1. The number of hydrogen-bond acceptors (Lipinski definition) is 10. The summed E-state index contributed by atoms with van der Waals surface area (Å²) in [6.45, 7) is 2.32. The fourth-order valence-electron chi connectivity index (χ4n) is 4.25. The van der Waals surface area contributed by atoms with E-state index >= 15 is 0 Å². The van der Waals surface area contributed by atoms with E-state index in [1.54, 1.807) is 0 Å². The molecule has 0 aromatic rings. The monoisotopic (exact) mass is 588 g/mol. The van der Waals surface area contributed by atoms with Crippen LogP contribution in [0.25, 0.3) is 0 Å². The Labute approximate surface area is 256 Å². The van der Waals surface area contributed by atoms with Gasteiger partial charge in [0.2, 0.25) is 0 Å². The molecule has 0 bridgehead atoms. The van der Waals surface area contributed by atoms with Crippen molar-refractivity contribution in [3.05, 3.63) is 12.2 Å². The fraction of sp³-hybridized carbons (Fsp3) is 0.889. The van der Waals surface area contributed by atoms with E-state index in [1.165, 1.54) is 51.4 Å². The number of hydrogen-bond donors (Lipinski definition) is 3. The van der Waals surface area contributed by atoms with Crippen LogP contribution < -0.4 is 29.6 Å². The molecule has 39 heavy (non-hydrogen) atoms. The summed E-state index contributed by atoms with van der Waals surface area (Å²) in [7, 11) is -4.73. The van der Waals surface area contributed by atoms with E-state index in [4.69, 9.17) is 14.2 Å². The molecule has 0 spiro atoms. The predicted octanol–water partition coefficient (Wildman–Crippen LogP) is 0.331. The third-order valence-electron chi connectivity index (χ3n) is 6.51. The Morgan fingerprint density at radius 1 is 0.821 bits per heavy atom. The number of allylic oxidation sites excluding steroid dienone is 2. The maximum atomic E-state index is 11.9. The van der Waals surface area contributed by atoms with Gasteiger partial charge in [-0.2, -0.15) is 0 Å². The molecule has 1 fully saturated rings. The van der Waals surface area contributed by atoms with Crippen LogP contribution in [-0.2, 0) is 29.1 Å². The second kappa shape index (κ2) is 23.5. The summed E-state index contributed by atoms with van der Waals surface area (Å²) in [5.74, 6) is -1.36. The Hall–Kier alpha value is -0.0800. The molecule has 1 saturated heterocycles. The van der Waals surface area contributed by atoms with Crippen LogP contribution in [0.3, 0.4) is 0 Å². The van der Waals surface area contributed by atoms with Gasteiger partial charge in [-0.15, -0.1) is 0 Å². The molecule has 0 aromatic carbocycles. The summed E-state index contributed by atoms with van der Waals surface area (Å²) < 4.78 is 48.4. The van der Waals surface area contributed by atoms with Crippen molar-refractivity contribution in [1.82, 2.24) is 0 Å². The minimum Gasteiger partial charge on any atom is -0.748 e. The van der Waals surface area contributed by atoms with E-state index in [2.05, 4.69) is 19.1 Å². The van der Waals surface area contributed by atoms with E-state index in [9.17, 15) is 33.1 Å². The van der Waals surface area contributed by atoms with Gasteiger partial charge >= 0.3 is 35.5 Å².